The van der Waals surface area contributed by atoms with Gasteiger partial charge >= 0.3 is 0 Å². The van der Waals surface area contributed by atoms with Crippen molar-refractivity contribution < 1.29 is 8.42 Å². The van der Waals surface area contributed by atoms with Crippen molar-refractivity contribution in [1.82, 2.24) is 9.71 Å². The van der Waals surface area contributed by atoms with Crippen LogP contribution in [0.3, 0.4) is 0 Å². The second kappa shape index (κ2) is 8.22. The topological polar surface area (TPSA) is 62.3 Å². The lowest BCUT2D eigenvalue weighted by atomic mass is 10.2. The van der Waals surface area contributed by atoms with E-state index in [4.69, 9.17) is 23.2 Å². The quantitative estimate of drug-likeness (QED) is 0.742. The minimum atomic E-state index is -3.43. The molecule has 0 radical (unpaired) electrons. The van der Waals surface area contributed by atoms with Crippen LogP contribution in [0.2, 0.25) is 10.0 Å². The van der Waals surface area contributed by atoms with Gasteiger partial charge < -0.3 is 4.90 Å². The maximum absolute atomic E-state index is 12.2. The van der Waals surface area contributed by atoms with E-state index in [-0.39, 0.29) is 5.75 Å². The zero-order valence-electron chi connectivity index (χ0n) is 13.5. The summed E-state index contributed by atoms with van der Waals surface area (Å²) in [5, 5.41) is 3.80. The van der Waals surface area contributed by atoms with E-state index in [1.165, 1.54) is 12.8 Å². The highest BCUT2D eigenvalue weighted by atomic mass is 35.5. The molecular formula is C16H19Cl2N3O2S2. The van der Waals surface area contributed by atoms with Gasteiger partial charge in [0.2, 0.25) is 10.0 Å². The number of hydrogen-bond acceptors (Lipinski definition) is 5. The van der Waals surface area contributed by atoms with Gasteiger partial charge in [-0.1, -0.05) is 29.3 Å². The zero-order chi connectivity index (χ0) is 17.9. The highest BCUT2D eigenvalue weighted by Gasteiger charge is 2.16. The summed E-state index contributed by atoms with van der Waals surface area (Å²) < 4.78 is 27.0. The number of halogens is 2. The molecule has 25 heavy (non-hydrogen) atoms. The maximum Gasteiger partial charge on any atom is 0.215 e. The van der Waals surface area contributed by atoms with Gasteiger partial charge in [0.15, 0.2) is 5.13 Å². The predicted molar refractivity (Wildman–Crippen MR) is 104 cm³/mol. The van der Waals surface area contributed by atoms with Crippen LogP contribution in [0.1, 0.15) is 24.1 Å². The number of hydrogen-bond donors (Lipinski definition) is 1. The van der Waals surface area contributed by atoms with Gasteiger partial charge in [-0.15, -0.1) is 11.3 Å². The van der Waals surface area contributed by atoms with Gasteiger partial charge in [0.25, 0.3) is 0 Å². The fraction of sp³-hybridized carbons (Fsp3) is 0.438. The number of benzene rings is 1. The second-order valence-corrected chi connectivity index (χ2v) is 9.43. The third-order valence-corrected chi connectivity index (χ3v) is 7.01. The van der Waals surface area contributed by atoms with Gasteiger partial charge in [0, 0.05) is 31.4 Å². The molecule has 1 aliphatic rings. The Kier molecular flexibility index (Phi) is 6.22. The van der Waals surface area contributed by atoms with E-state index in [2.05, 4.69) is 14.6 Å². The Hall–Kier alpha value is -0.860. The number of thiazole rings is 1. The summed E-state index contributed by atoms with van der Waals surface area (Å²) in [6.45, 7) is 2.44. The number of rotatable bonds is 7. The van der Waals surface area contributed by atoms with Crippen molar-refractivity contribution >= 4 is 49.7 Å². The summed E-state index contributed by atoms with van der Waals surface area (Å²) in [6.07, 6.45) is 3.00. The molecule has 0 aliphatic carbocycles. The highest BCUT2D eigenvalue weighted by molar-refractivity contribution is 7.88. The normalized spacial score (nSPS) is 15.0. The summed E-state index contributed by atoms with van der Waals surface area (Å²) in [7, 11) is -3.43. The molecule has 1 aliphatic heterocycles. The molecular weight excluding hydrogens is 401 g/mol. The van der Waals surface area contributed by atoms with E-state index in [0.29, 0.717) is 28.6 Å². The van der Waals surface area contributed by atoms with Crippen LogP contribution in [-0.4, -0.2) is 33.0 Å². The summed E-state index contributed by atoms with van der Waals surface area (Å²) in [4.78, 5) is 6.88. The molecule has 0 bridgehead atoms. The molecule has 0 spiro atoms. The molecule has 5 nitrogen and oxygen atoms in total. The first kappa shape index (κ1) is 18.9. The lowest BCUT2D eigenvalue weighted by molar-refractivity contribution is 0.580. The van der Waals surface area contributed by atoms with Crippen molar-refractivity contribution in [2.24, 2.45) is 0 Å². The molecule has 1 fully saturated rings. The lowest BCUT2D eigenvalue weighted by Gasteiger charge is -2.12. The Balaban J connectivity index is 1.51. The van der Waals surface area contributed by atoms with Crippen LogP contribution < -0.4 is 9.62 Å². The summed E-state index contributed by atoms with van der Waals surface area (Å²) >= 11 is 13.4. The smallest absolute Gasteiger partial charge is 0.215 e. The molecule has 1 aromatic heterocycles. The molecule has 0 saturated carbocycles. The number of aromatic nitrogens is 1. The Morgan fingerprint density at radius 3 is 2.68 bits per heavy atom. The molecule has 0 unspecified atom stereocenters. The van der Waals surface area contributed by atoms with Crippen LogP contribution in [0.25, 0.3) is 0 Å². The van der Waals surface area contributed by atoms with Crippen LogP contribution >= 0.6 is 34.5 Å². The molecule has 2 heterocycles. The van der Waals surface area contributed by atoms with Crippen molar-refractivity contribution in [3.63, 3.8) is 0 Å². The van der Waals surface area contributed by atoms with E-state index in [1.807, 2.05) is 5.38 Å². The summed E-state index contributed by atoms with van der Waals surface area (Å²) in [5.41, 5.74) is 1.52. The first-order valence-electron chi connectivity index (χ1n) is 8.03. The fourth-order valence-corrected chi connectivity index (χ4v) is 5.07. The molecule has 3 rings (SSSR count). The first-order valence-corrected chi connectivity index (χ1v) is 11.3. The van der Waals surface area contributed by atoms with Gasteiger partial charge in [-0.25, -0.2) is 18.1 Å². The molecule has 1 aromatic carbocycles. The van der Waals surface area contributed by atoms with Crippen molar-refractivity contribution in [3.8, 4) is 0 Å². The molecule has 2 aromatic rings. The zero-order valence-corrected chi connectivity index (χ0v) is 16.7. The van der Waals surface area contributed by atoms with Crippen LogP contribution in [0.15, 0.2) is 23.6 Å². The Labute approximate surface area is 162 Å². The third-order valence-electron chi connectivity index (χ3n) is 3.96. The van der Waals surface area contributed by atoms with Gasteiger partial charge in [-0.3, -0.25) is 0 Å². The van der Waals surface area contributed by atoms with E-state index < -0.39 is 10.0 Å². The van der Waals surface area contributed by atoms with Gasteiger partial charge in [0.05, 0.1) is 21.5 Å². The van der Waals surface area contributed by atoms with Crippen LogP contribution in [0.5, 0.6) is 0 Å². The molecule has 0 amide bonds. The number of anilines is 1. The average Bonchev–Trinajstić information content (AvgIpc) is 3.21. The Morgan fingerprint density at radius 1 is 1.20 bits per heavy atom. The van der Waals surface area contributed by atoms with E-state index >= 15 is 0 Å². The van der Waals surface area contributed by atoms with Gasteiger partial charge in [-0.2, -0.15) is 0 Å². The van der Waals surface area contributed by atoms with Crippen LogP contribution in [-0.2, 0) is 22.2 Å². The van der Waals surface area contributed by atoms with E-state index in [9.17, 15) is 8.42 Å². The first-order chi connectivity index (χ1) is 11.9. The summed E-state index contributed by atoms with van der Waals surface area (Å²) in [5.74, 6) is -0.125. The minimum Gasteiger partial charge on any atom is -0.348 e. The number of nitrogens with one attached hydrogen (secondary N) is 1. The van der Waals surface area contributed by atoms with Crippen molar-refractivity contribution in [2.75, 3.05) is 24.5 Å². The average molecular weight is 420 g/mol. The summed E-state index contributed by atoms with van der Waals surface area (Å²) in [6, 6.07) is 4.84. The highest BCUT2D eigenvalue weighted by Crippen LogP contribution is 2.25. The SMILES string of the molecule is O=S(=O)(Cc1ccc(Cl)c(Cl)c1)NCCc1csc(N2CCCC2)n1. The van der Waals surface area contributed by atoms with Crippen molar-refractivity contribution in [1.29, 1.82) is 0 Å². The fourth-order valence-electron chi connectivity index (χ4n) is 2.70. The van der Waals surface area contributed by atoms with Crippen molar-refractivity contribution in [3.05, 3.63) is 44.9 Å². The molecule has 1 saturated heterocycles. The Bertz CT molecular complexity index is 834. The lowest BCUT2D eigenvalue weighted by Crippen LogP contribution is -2.27. The molecule has 136 valence electrons. The maximum atomic E-state index is 12.2. The largest absolute Gasteiger partial charge is 0.348 e. The number of nitrogens with zero attached hydrogens (tertiary/aromatic N) is 2. The van der Waals surface area contributed by atoms with E-state index in [1.54, 1.807) is 29.5 Å². The minimum absolute atomic E-state index is 0.125. The third kappa shape index (κ3) is 5.31. The predicted octanol–water partition coefficient (Wildman–Crippen LogP) is 3.71. The van der Waals surface area contributed by atoms with Gasteiger partial charge in [0.1, 0.15) is 0 Å². The van der Waals surface area contributed by atoms with Crippen LogP contribution in [0.4, 0.5) is 5.13 Å². The second-order valence-electron chi connectivity index (χ2n) is 5.97. The number of sulfonamides is 1. The molecule has 0 atom stereocenters. The molecule has 9 heteroatoms. The molecule has 1 N–H and O–H groups in total. The Morgan fingerprint density at radius 2 is 1.96 bits per heavy atom. The van der Waals surface area contributed by atoms with E-state index in [0.717, 1.165) is 23.9 Å². The monoisotopic (exact) mass is 419 g/mol. The van der Waals surface area contributed by atoms with Crippen LogP contribution in [0, 0.1) is 0 Å². The van der Waals surface area contributed by atoms with Crippen molar-refractivity contribution in [2.45, 2.75) is 25.0 Å². The van der Waals surface area contributed by atoms with Gasteiger partial charge in [-0.05, 0) is 30.5 Å². The standard InChI is InChI=1S/C16H19Cl2N3O2S2/c17-14-4-3-12(9-15(14)18)11-25(22,23)19-6-5-13-10-24-16(20-13)21-7-1-2-8-21/h3-4,9-10,19H,1-2,5-8,11H2.